The van der Waals surface area contributed by atoms with Gasteiger partial charge in [-0.25, -0.2) is 4.98 Å². The molecule has 0 bridgehead atoms. The summed E-state index contributed by atoms with van der Waals surface area (Å²) in [6, 6.07) is 3.91. The zero-order valence-corrected chi connectivity index (χ0v) is 14.1. The van der Waals surface area contributed by atoms with E-state index in [0.717, 1.165) is 5.69 Å². The molecule has 0 aromatic carbocycles. The molecule has 0 unspecified atom stereocenters. The lowest BCUT2D eigenvalue weighted by atomic mass is 9.90. The normalized spacial score (nSPS) is 12.1. The average molecular weight is 305 g/mol. The van der Waals surface area contributed by atoms with E-state index in [4.69, 9.17) is 5.73 Å². The third-order valence-electron chi connectivity index (χ3n) is 3.29. The first-order valence-electron chi connectivity index (χ1n) is 7.16. The molecule has 0 spiro atoms. The van der Waals surface area contributed by atoms with E-state index in [0.29, 0.717) is 28.9 Å². The van der Waals surface area contributed by atoms with Crippen molar-refractivity contribution in [3.05, 3.63) is 33.6 Å². The zero-order valence-electron chi connectivity index (χ0n) is 13.3. The minimum atomic E-state index is -0.0757. The zero-order chi connectivity index (χ0) is 15.8. The van der Waals surface area contributed by atoms with Crippen LogP contribution in [-0.2, 0) is 12.0 Å². The molecule has 5 heteroatoms. The minimum absolute atomic E-state index is 0.0152. The third kappa shape index (κ3) is 3.35. The van der Waals surface area contributed by atoms with Crippen LogP contribution < -0.4 is 11.3 Å². The first-order valence-corrected chi connectivity index (χ1v) is 8.04. The molecule has 0 fully saturated rings. The lowest BCUT2D eigenvalue weighted by Crippen LogP contribution is -2.32. The topological polar surface area (TPSA) is 60.9 Å². The number of anilines is 1. The van der Waals surface area contributed by atoms with E-state index in [9.17, 15) is 4.79 Å². The Bertz CT molecular complexity index is 692. The molecule has 2 heterocycles. The fourth-order valence-electron chi connectivity index (χ4n) is 2.39. The van der Waals surface area contributed by atoms with Gasteiger partial charge in [-0.3, -0.25) is 4.79 Å². The van der Waals surface area contributed by atoms with Gasteiger partial charge >= 0.3 is 0 Å². The van der Waals surface area contributed by atoms with Crippen molar-refractivity contribution in [3.63, 3.8) is 0 Å². The summed E-state index contributed by atoms with van der Waals surface area (Å²) in [4.78, 5) is 17.1. The Morgan fingerprint density at radius 1 is 1.33 bits per heavy atom. The van der Waals surface area contributed by atoms with Gasteiger partial charge in [-0.2, -0.15) is 0 Å². The number of nitrogens with two attached hydrogens (primary N) is 1. The number of nitrogens with zero attached hydrogens (tertiary/aromatic N) is 2. The Balaban J connectivity index is 2.64. The van der Waals surface area contributed by atoms with Crippen molar-refractivity contribution in [2.75, 3.05) is 5.73 Å². The van der Waals surface area contributed by atoms with Crippen molar-refractivity contribution >= 4 is 16.5 Å². The first-order chi connectivity index (χ1) is 9.70. The maximum Gasteiger partial charge on any atom is 0.260 e. The van der Waals surface area contributed by atoms with E-state index in [-0.39, 0.29) is 11.0 Å². The second kappa shape index (κ2) is 5.64. The Morgan fingerprint density at radius 2 is 2.00 bits per heavy atom. The highest BCUT2D eigenvalue weighted by molar-refractivity contribution is 7.13. The standard InChI is InChI=1S/C16H23N3OS/c1-10(2)8-19-13(16(3,4)5)7-6-11(14(19)20)12-9-21-15(17)18-12/h6-7,9-10H,8H2,1-5H3,(H2,17,18). The number of pyridine rings is 1. The van der Waals surface area contributed by atoms with Gasteiger partial charge in [-0.05, 0) is 18.1 Å². The molecule has 2 aromatic rings. The summed E-state index contributed by atoms with van der Waals surface area (Å²) in [7, 11) is 0. The van der Waals surface area contributed by atoms with Crippen molar-refractivity contribution in [2.24, 2.45) is 5.92 Å². The van der Waals surface area contributed by atoms with Gasteiger partial charge in [-0.1, -0.05) is 34.6 Å². The molecule has 4 nitrogen and oxygen atoms in total. The quantitative estimate of drug-likeness (QED) is 0.944. The summed E-state index contributed by atoms with van der Waals surface area (Å²) in [6.45, 7) is 11.3. The van der Waals surface area contributed by atoms with Crippen LogP contribution in [-0.4, -0.2) is 9.55 Å². The van der Waals surface area contributed by atoms with E-state index >= 15 is 0 Å². The molecule has 0 saturated heterocycles. The summed E-state index contributed by atoms with van der Waals surface area (Å²) in [5.41, 5.74) is 7.96. The molecule has 114 valence electrons. The molecule has 0 aliphatic carbocycles. The Labute approximate surface area is 129 Å². The predicted octanol–water partition coefficient (Wildman–Crippen LogP) is 3.51. The number of thiazole rings is 1. The van der Waals surface area contributed by atoms with Crippen molar-refractivity contribution in [2.45, 2.75) is 46.6 Å². The lowest BCUT2D eigenvalue weighted by Gasteiger charge is -2.25. The molecular formula is C16H23N3OS. The maximum absolute atomic E-state index is 12.9. The van der Waals surface area contributed by atoms with Crippen molar-refractivity contribution in [3.8, 4) is 11.3 Å². The molecule has 2 aromatic heterocycles. The van der Waals surface area contributed by atoms with Crippen LogP contribution in [0.4, 0.5) is 5.13 Å². The number of hydrogen-bond acceptors (Lipinski definition) is 4. The van der Waals surface area contributed by atoms with Gasteiger partial charge in [0, 0.05) is 23.0 Å². The van der Waals surface area contributed by atoms with Crippen LogP contribution in [0.3, 0.4) is 0 Å². The highest BCUT2D eigenvalue weighted by Gasteiger charge is 2.21. The molecule has 0 amide bonds. The minimum Gasteiger partial charge on any atom is -0.375 e. The molecule has 2 rings (SSSR count). The van der Waals surface area contributed by atoms with Crippen LogP contribution >= 0.6 is 11.3 Å². The van der Waals surface area contributed by atoms with E-state index < -0.39 is 0 Å². The van der Waals surface area contributed by atoms with E-state index in [1.165, 1.54) is 11.3 Å². The third-order valence-corrected chi connectivity index (χ3v) is 3.96. The van der Waals surface area contributed by atoms with E-state index in [1.54, 1.807) is 0 Å². The van der Waals surface area contributed by atoms with Gasteiger partial charge < -0.3 is 10.3 Å². The number of rotatable bonds is 3. The van der Waals surface area contributed by atoms with Gasteiger partial charge in [0.25, 0.3) is 5.56 Å². The summed E-state index contributed by atoms with van der Waals surface area (Å²) in [5, 5.41) is 2.32. The smallest absolute Gasteiger partial charge is 0.260 e. The predicted molar refractivity (Wildman–Crippen MR) is 89.8 cm³/mol. The molecule has 2 N–H and O–H groups in total. The lowest BCUT2D eigenvalue weighted by molar-refractivity contribution is 0.448. The summed E-state index contributed by atoms with van der Waals surface area (Å²) < 4.78 is 1.88. The average Bonchev–Trinajstić information content (AvgIpc) is 2.76. The second-order valence-electron chi connectivity index (χ2n) is 6.76. The highest BCUT2D eigenvalue weighted by Crippen LogP contribution is 2.25. The van der Waals surface area contributed by atoms with Gasteiger partial charge in [0.1, 0.15) is 0 Å². The fraction of sp³-hybridized carbons (Fsp3) is 0.500. The number of nitrogen functional groups attached to an aromatic ring is 1. The van der Waals surface area contributed by atoms with Gasteiger partial charge in [0.05, 0.1) is 11.3 Å². The molecule has 0 radical (unpaired) electrons. The Kier molecular flexibility index (Phi) is 4.23. The van der Waals surface area contributed by atoms with Gasteiger partial charge in [-0.15, -0.1) is 11.3 Å². The van der Waals surface area contributed by atoms with Crippen LogP contribution in [0.1, 0.15) is 40.3 Å². The maximum atomic E-state index is 12.9. The SMILES string of the molecule is CC(C)Cn1c(C(C)(C)C)ccc(-c2csc(N)n2)c1=O. The largest absolute Gasteiger partial charge is 0.375 e. The summed E-state index contributed by atoms with van der Waals surface area (Å²) in [5.74, 6) is 0.402. The van der Waals surface area contributed by atoms with Crippen LogP contribution in [0, 0.1) is 5.92 Å². The van der Waals surface area contributed by atoms with Crippen LogP contribution in [0.15, 0.2) is 22.3 Å². The second-order valence-corrected chi connectivity index (χ2v) is 7.65. The van der Waals surface area contributed by atoms with Crippen LogP contribution in [0.2, 0.25) is 0 Å². The summed E-state index contributed by atoms with van der Waals surface area (Å²) >= 11 is 1.36. The van der Waals surface area contributed by atoms with E-state index in [2.05, 4.69) is 39.6 Å². The van der Waals surface area contributed by atoms with Crippen molar-refractivity contribution in [1.29, 1.82) is 0 Å². The Hall–Kier alpha value is -1.62. The first kappa shape index (κ1) is 15.8. The molecule has 0 atom stereocenters. The van der Waals surface area contributed by atoms with Crippen molar-refractivity contribution < 1.29 is 0 Å². The summed E-state index contributed by atoms with van der Waals surface area (Å²) in [6.07, 6.45) is 0. The molecular weight excluding hydrogens is 282 g/mol. The molecule has 0 aliphatic rings. The van der Waals surface area contributed by atoms with Crippen molar-refractivity contribution in [1.82, 2.24) is 9.55 Å². The highest BCUT2D eigenvalue weighted by atomic mass is 32.1. The molecule has 0 saturated carbocycles. The van der Waals surface area contributed by atoms with Gasteiger partial charge in [0.2, 0.25) is 0 Å². The Morgan fingerprint density at radius 3 is 2.48 bits per heavy atom. The monoisotopic (exact) mass is 305 g/mol. The molecule has 0 aliphatic heterocycles. The van der Waals surface area contributed by atoms with Crippen LogP contribution in [0.25, 0.3) is 11.3 Å². The number of aromatic nitrogens is 2. The van der Waals surface area contributed by atoms with E-state index in [1.807, 2.05) is 22.1 Å². The van der Waals surface area contributed by atoms with Gasteiger partial charge in [0.15, 0.2) is 5.13 Å². The fourth-order valence-corrected chi connectivity index (χ4v) is 2.95. The van der Waals surface area contributed by atoms with Crippen LogP contribution in [0.5, 0.6) is 0 Å². The number of hydrogen-bond donors (Lipinski definition) is 1. The molecule has 21 heavy (non-hydrogen) atoms.